The fourth-order valence-electron chi connectivity index (χ4n) is 1.74. The lowest BCUT2D eigenvalue weighted by Gasteiger charge is -2.02. The van der Waals surface area contributed by atoms with Crippen LogP contribution in [-0.2, 0) is 0 Å². The van der Waals surface area contributed by atoms with Crippen molar-refractivity contribution in [1.82, 2.24) is 0 Å². The summed E-state index contributed by atoms with van der Waals surface area (Å²) in [5, 5.41) is 1.98. The van der Waals surface area contributed by atoms with Crippen LogP contribution in [0.5, 0.6) is 0 Å². The van der Waals surface area contributed by atoms with E-state index in [-0.39, 0.29) is 10.3 Å². The normalized spacial score (nSPS) is 10.8. The van der Waals surface area contributed by atoms with E-state index in [1.807, 2.05) is 36.4 Å². The molecule has 0 fully saturated rings. The van der Waals surface area contributed by atoms with Crippen molar-refractivity contribution in [1.29, 1.82) is 0 Å². The van der Waals surface area contributed by atoms with Crippen molar-refractivity contribution >= 4 is 39.8 Å². The van der Waals surface area contributed by atoms with Crippen molar-refractivity contribution in [2.75, 3.05) is 0 Å². The van der Waals surface area contributed by atoms with Crippen LogP contribution < -0.4 is 0 Å². The molecule has 0 saturated carbocycles. The SMILES string of the molecule is O=C(C=CC=C(Cl)Cl)c1cccc2ccccc12. The van der Waals surface area contributed by atoms with E-state index in [1.165, 1.54) is 12.2 Å². The molecule has 2 rings (SSSR count). The van der Waals surface area contributed by atoms with Gasteiger partial charge in [0.2, 0.25) is 0 Å². The number of fused-ring (bicyclic) bond motifs is 1. The Bertz CT molecular complexity index is 632. The number of carbonyl (C=O) groups is 1. The molecule has 2 aromatic rings. The molecule has 1 nitrogen and oxygen atoms in total. The second-order valence-electron chi connectivity index (χ2n) is 3.71. The van der Waals surface area contributed by atoms with Gasteiger partial charge in [0, 0.05) is 5.56 Å². The fourth-order valence-corrected chi connectivity index (χ4v) is 1.88. The summed E-state index contributed by atoms with van der Waals surface area (Å²) in [5.41, 5.74) is 0.670. The van der Waals surface area contributed by atoms with Gasteiger partial charge in [0.15, 0.2) is 5.78 Å². The van der Waals surface area contributed by atoms with Gasteiger partial charge in [-0.1, -0.05) is 71.7 Å². The van der Waals surface area contributed by atoms with Crippen LogP contribution >= 0.6 is 23.2 Å². The van der Waals surface area contributed by atoms with Gasteiger partial charge in [-0.2, -0.15) is 0 Å². The molecular formula is C15H10Cl2O. The van der Waals surface area contributed by atoms with Gasteiger partial charge in [-0.05, 0) is 22.9 Å². The number of allylic oxidation sites excluding steroid dienone is 3. The number of carbonyl (C=O) groups excluding carboxylic acids is 1. The van der Waals surface area contributed by atoms with Crippen LogP contribution in [0.4, 0.5) is 0 Å². The lowest BCUT2D eigenvalue weighted by Crippen LogP contribution is -1.95. The maximum absolute atomic E-state index is 12.0. The molecule has 0 spiro atoms. The molecule has 0 aliphatic carbocycles. The predicted octanol–water partition coefficient (Wildman–Crippen LogP) is 4.90. The van der Waals surface area contributed by atoms with Crippen molar-refractivity contribution in [3.8, 4) is 0 Å². The van der Waals surface area contributed by atoms with Crippen LogP contribution in [-0.4, -0.2) is 5.78 Å². The summed E-state index contributed by atoms with van der Waals surface area (Å²) in [6.45, 7) is 0. The zero-order chi connectivity index (χ0) is 13.0. The zero-order valence-corrected chi connectivity index (χ0v) is 10.9. The minimum absolute atomic E-state index is 0.0716. The molecule has 0 aromatic heterocycles. The van der Waals surface area contributed by atoms with E-state index in [1.54, 1.807) is 12.1 Å². The zero-order valence-electron chi connectivity index (χ0n) is 9.44. The molecule has 0 N–H and O–H groups in total. The van der Waals surface area contributed by atoms with Crippen molar-refractivity contribution < 1.29 is 4.79 Å². The van der Waals surface area contributed by atoms with Crippen molar-refractivity contribution in [3.63, 3.8) is 0 Å². The topological polar surface area (TPSA) is 17.1 Å². The van der Waals surface area contributed by atoms with Gasteiger partial charge < -0.3 is 0 Å². The highest BCUT2D eigenvalue weighted by molar-refractivity contribution is 6.56. The third kappa shape index (κ3) is 3.00. The molecule has 3 heteroatoms. The van der Waals surface area contributed by atoms with Crippen molar-refractivity contribution in [2.45, 2.75) is 0 Å². The molecular weight excluding hydrogens is 267 g/mol. The van der Waals surface area contributed by atoms with E-state index in [2.05, 4.69) is 0 Å². The first-order valence-electron chi connectivity index (χ1n) is 5.40. The maximum Gasteiger partial charge on any atom is 0.186 e. The minimum atomic E-state index is -0.0716. The molecule has 0 saturated heterocycles. The van der Waals surface area contributed by atoms with Crippen LogP contribution in [0.3, 0.4) is 0 Å². The van der Waals surface area contributed by atoms with E-state index in [0.29, 0.717) is 5.56 Å². The van der Waals surface area contributed by atoms with Gasteiger partial charge in [-0.3, -0.25) is 4.79 Å². The van der Waals surface area contributed by atoms with Crippen LogP contribution in [0.15, 0.2) is 65.2 Å². The second-order valence-corrected chi connectivity index (χ2v) is 4.71. The smallest absolute Gasteiger partial charge is 0.186 e. The highest BCUT2D eigenvalue weighted by Gasteiger charge is 2.05. The number of ketones is 1. The van der Waals surface area contributed by atoms with Crippen LogP contribution in [0.2, 0.25) is 0 Å². The molecule has 0 radical (unpaired) electrons. The third-order valence-electron chi connectivity index (χ3n) is 2.52. The molecule has 0 aliphatic heterocycles. The van der Waals surface area contributed by atoms with Crippen LogP contribution in [0.1, 0.15) is 10.4 Å². The standard InChI is InChI=1S/C15H10Cl2O/c16-15(17)10-4-9-14(18)13-8-3-6-11-5-1-2-7-12(11)13/h1-10H. The summed E-state index contributed by atoms with van der Waals surface area (Å²) in [4.78, 5) is 12.0. The number of hydrogen-bond donors (Lipinski definition) is 0. The van der Waals surface area contributed by atoms with E-state index >= 15 is 0 Å². The lowest BCUT2D eigenvalue weighted by atomic mass is 10.0. The molecule has 0 amide bonds. The fraction of sp³-hybridized carbons (Fsp3) is 0. The van der Waals surface area contributed by atoms with Gasteiger partial charge >= 0.3 is 0 Å². The Hall–Kier alpha value is -1.57. The highest BCUT2D eigenvalue weighted by Crippen LogP contribution is 2.19. The predicted molar refractivity (Wildman–Crippen MR) is 77.2 cm³/mol. The largest absolute Gasteiger partial charge is 0.289 e. The Kier molecular flexibility index (Phi) is 4.19. The van der Waals surface area contributed by atoms with E-state index in [9.17, 15) is 4.79 Å². The monoisotopic (exact) mass is 276 g/mol. The van der Waals surface area contributed by atoms with Gasteiger partial charge in [0.25, 0.3) is 0 Å². The van der Waals surface area contributed by atoms with E-state index < -0.39 is 0 Å². The summed E-state index contributed by atoms with van der Waals surface area (Å²) in [6.07, 6.45) is 4.46. The molecule has 0 bridgehead atoms. The van der Waals surface area contributed by atoms with E-state index in [0.717, 1.165) is 10.8 Å². The highest BCUT2D eigenvalue weighted by atomic mass is 35.5. The molecule has 90 valence electrons. The van der Waals surface area contributed by atoms with Crippen molar-refractivity contribution in [2.24, 2.45) is 0 Å². The summed E-state index contributed by atoms with van der Waals surface area (Å²) in [6, 6.07) is 13.4. The lowest BCUT2D eigenvalue weighted by molar-refractivity contribution is 0.104. The quantitative estimate of drug-likeness (QED) is 0.443. The summed E-state index contributed by atoms with van der Waals surface area (Å²) < 4.78 is 0.122. The molecule has 0 atom stereocenters. The first kappa shape index (κ1) is 12.9. The number of rotatable bonds is 3. The Morgan fingerprint density at radius 1 is 1.00 bits per heavy atom. The molecule has 18 heavy (non-hydrogen) atoms. The summed E-state index contributed by atoms with van der Waals surface area (Å²) in [5.74, 6) is -0.0716. The van der Waals surface area contributed by atoms with Gasteiger partial charge in [-0.25, -0.2) is 0 Å². The number of hydrogen-bond acceptors (Lipinski definition) is 1. The molecule has 0 aliphatic rings. The third-order valence-corrected chi connectivity index (χ3v) is 2.78. The van der Waals surface area contributed by atoms with Crippen LogP contribution in [0.25, 0.3) is 10.8 Å². The van der Waals surface area contributed by atoms with Gasteiger partial charge in [0.1, 0.15) is 4.49 Å². The Balaban J connectivity index is 2.39. The van der Waals surface area contributed by atoms with Gasteiger partial charge in [-0.15, -0.1) is 0 Å². The first-order chi connectivity index (χ1) is 8.68. The van der Waals surface area contributed by atoms with Gasteiger partial charge in [0.05, 0.1) is 0 Å². The summed E-state index contributed by atoms with van der Waals surface area (Å²) >= 11 is 10.9. The Morgan fingerprint density at radius 3 is 2.50 bits per heavy atom. The maximum atomic E-state index is 12.0. The van der Waals surface area contributed by atoms with Crippen molar-refractivity contribution in [3.05, 3.63) is 70.7 Å². The summed E-state index contributed by atoms with van der Waals surface area (Å²) in [7, 11) is 0. The molecule has 2 aromatic carbocycles. The minimum Gasteiger partial charge on any atom is -0.289 e. The molecule has 0 heterocycles. The number of benzene rings is 2. The average Bonchev–Trinajstić information content (AvgIpc) is 2.37. The number of halogens is 2. The first-order valence-corrected chi connectivity index (χ1v) is 6.15. The van der Waals surface area contributed by atoms with E-state index in [4.69, 9.17) is 23.2 Å². The average molecular weight is 277 g/mol. The molecule has 0 unspecified atom stereocenters. The Labute approximate surface area is 115 Å². The van der Waals surface area contributed by atoms with Crippen LogP contribution in [0, 0.1) is 0 Å². The Morgan fingerprint density at radius 2 is 1.72 bits per heavy atom. The second kappa shape index (κ2) is 5.85.